The van der Waals surface area contributed by atoms with Crippen LogP contribution >= 0.6 is 11.6 Å². The van der Waals surface area contributed by atoms with Crippen LogP contribution in [-0.2, 0) is 18.4 Å². The van der Waals surface area contributed by atoms with E-state index < -0.39 is 0 Å². The molecule has 1 aliphatic heterocycles. The van der Waals surface area contributed by atoms with Crippen molar-refractivity contribution in [1.82, 2.24) is 14.7 Å². The van der Waals surface area contributed by atoms with Crippen molar-refractivity contribution >= 4 is 17.5 Å². The van der Waals surface area contributed by atoms with Crippen LogP contribution in [0.4, 0.5) is 0 Å². The molecule has 0 aliphatic carbocycles. The Bertz CT molecular complexity index is 484. The van der Waals surface area contributed by atoms with Crippen molar-refractivity contribution in [1.29, 1.82) is 0 Å². The third kappa shape index (κ3) is 3.35. The first-order valence-corrected chi connectivity index (χ1v) is 7.86. The van der Waals surface area contributed by atoms with E-state index in [9.17, 15) is 4.79 Å². The standard InChI is InChI=1S/C15H24ClN3O/c1-4-5-12-6-7-14(20)19(9-8-12)10-13-11(2)17-18(3)15(13)16/h12H,4-10H2,1-3H3. The molecule has 1 atom stereocenters. The molecule has 1 saturated heterocycles. The number of aryl methyl sites for hydroxylation is 2. The Hall–Kier alpha value is -1.03. The number of nitrogens with zero attached hydrogens (tertiary/aromatic N) is 3. The molecule has 20 heavy (non-hydrogen) atoms. The van der Waals surface area contributed by atoms with Crippen molar-refractivity contribution in [2.75, 3.05) is 6.54 Å². The zero-order valence-corrected chi connectivity index (χ0v) is 13.4. The van der Waals surface area contributed by atoms with Crippen LogP contribution in [0.1, 0.15) is 50.3 Å². The monoisotopic (exact) mass is 297 g/mol. The third-order valence-electron chi connectivity index (χ3n) is 4.24. The minimum absolute atomic E-state index is 0.253. The van der Waals surface area contributed by atoms with E-state index in [0.717, 1.165) is 30.6 Å². The molecule has 1 unspecified atom stereocenters. The first-order chi connectivity index (χ1) is 9.52. The summed E-state index contributed by atoms with van der Waals surface area (Å²) in [5.74, 6) is 0.947. The lowest BCUT2D eigenvalue weighted by Crippen LogP contribution is -2.30. The zero-order valence-electron chi connectivity index (χ0n) is 12.7. The van der Waals surface area contributed by atoms with E-state index in [1.807, 2.05) is 18.9 Å². The molecule has 0 saturated carbocycles. The fourth-order valence-corrected chi connectivity index (χ4v) is 3.24. The maximum absolute atomic E-state index is 12.3. The molecule has 0 spiro atoms. The van der Waals surface area contributed by atoms with Crippen LogP contribution in [0.25, 0.3) is 0 Å². The first-order valence-electron chi connectivity index (χ1n) is 7.48. The number of likely N-dealkylation sites (tertiary alicyclic amines) is 1. The molecule has 1 aliphatic rings. The Kier molecular flexibility index (Phi) is 5.08. The normalized spacial score (nSPS) is 20.3. The smallest absolute Gasteiger partial charge is 0.222 e. The number of rotatable bonds is 4. The van der Waals surface area contributed by atoms with Gasteiger partial charge in [-0.25, -0.2) is 0 Å². The van der Waals surface area contributed by atoms with Crippen LogP contribution < -0.4 is 0 Å². The van der Waals surface area contributed by atoms with Crippen molar-refractivity contribution < 1.29 is 4.79 Å². The lowest BCUT2D eigenvalue weighted by molar-refractivity contribution is -0.131. The topological polar surface area (TPSA) is 38.1 Å². The average molecular weight is 298 g/mol. The van der Waals surface area contributed by atoms with Crippen molar-refractivity contribution in [2.45, 2.75) is 52.5 Å². The molecule has 1 amide bonds. The second-order valence-electron chi connectivity index (χ2n) is 5.78. The van der Waals surface area contributed by atoms with Crippen LogP contribution in [0.2, 0.25) is 5.15 Å². The van der Waals surface area contributed by atoms with Gasteiger partial charge in [0, 0.05) is 25.6 Å². The van der Waals surface area contributed by atoms with Crippen molar-refractivity contribution in [3.05, 3.63) is 16.4 Å². The molecule has 2 heterocycles. The molecule has 112 valence electrons. The highest BCUT2D eigenvalue weighted by molar-refractivity contribution is 6.30. The van der Waals surface area contributed by atoms with Gasteiger partial charge in [-0.05, 0) is 25.7 Å². The van der Waals surface area contributed by atoms with Gasteiger partial charge in [-0.15, -0.1) is 0 Å². The van der Waals surface area contributed by atoms with Gasteiger partial charge >= 0.3 is 0 Å². The highest BCUT2D eigenvalue weighted by Crippen LogP contribution is 2.26. The van der Waals surface area contributed by atoms with E-state index >= 15 is 0 Å². The lowest BCUT2D eigenvalue weighted by atomic mass is 9.96. The Morgan fingerprint density at radius 1 is 1.40 bits per heavy atom. The van der Waals surface area contributed by atoms with Crippen molar-refractivity contribution in [2.24, 2.45) is 13.0 Å². The highest BCUT2D eigenvalue weighted by atomic mass is 35.5. The predicted octanol–water partition coefficient (Wildman–Crippen LogP) is 3.31. The molecule has 5 heteroatoms. The van der Waals surface area contributed by atoms with Crippen LogP contribution in [0.15, 0.2) is 0 Å². The maximum atomic E-state index is 12.3. The predicted molar refractivity (Wildman–Crippen MR) is 80.6 cm³/mol. The van der Waals surface area contributed by atoms with E-state index in [0.29, 0.717) is 24.0 Å². The van der Waals surface area contributed by atoms with Crippen LogP contribution in [0.5, 0.6) is 0 Å². The van der Waals surface area contributed by atoms with E-state index in [4.69, 9.17) is 11.6 Å². The van der Waals surface area contributed by atoms with Crippen LogP contribution in [-0.4, -0.2) is 27.1 Å². The van der Waals surface area contributed by atoms with Gasteiger partial charge in [0.15, 0.2) is 0 Å². The van der Waals surface area contributed by atoms with E-state index in [2.05, 4.69) is 12.0 Å². The van der Waals surface area contributed by atoms with Gasteiger partial charge in [-0.3, -0.25) is 9.48 Å². The molecule has 1 aromatic heterocycles. The number of carbonyl (C=O) groups excluding carboxylic acids is 1. The molecule has 0 radical (unpaired) electrons. The largest absolute Gasteiger partial charge is 0.338 e. The van der Waals surface area contributed by atoms with Gasteiger partial charge in [0.1, 0.15) is 5.15 Å². The van der Waals surface area contributed by atoms with Gasteiger partial charge < -0.3 is 4.90 Å². The summed E-state index contributed by atoms with van der Waals surface area (Å²) in [6.07, 6.45) is 5.24. The number of hydrogen-bond donors (Lipinski definition) is 0. The fraction of sp³-hybridized carbons (Fsp3) is 0.733. The van der Waals surface area contributed by atoms with E-state index in [1.165, 1.54) is 12.8 Å². The number of hydrogen-bond acceptors (Lipinski definition) is 2. The molecule has 0 aromatic carbocycles. The summed E-state index contributed by atoms with van der Waals surface area (Å²) >= 11 is 6.26. The minimum Gasteiger partial charge on any atom is -0.338 e. The number of halogens is 1. The summed E-state index contributed by atoms with van der Waals surface area (Å²) in [4.78, 5) is 14.2. The van der Waals surface area contributed by atoms with Gasteiger partial charge in [-0.2, -0.15) is 5.10 Å². The molecule has 1 fully saturated rings. The molecular weight excluding hydrogens is 274 g/mol. The van der Waals surface area contributed by atoms with Crippen LogP contribution in [0.3, 0.4) is 0 Å². The first kappa shape index (κ1) is 15.4. The van der Waals surface area contributed by atoms with Crippen molar-refractivity contribution in [3.8, 4) is 0 Å². The molecule has 2 rings (SSSR count). The second kappa shape index (κ2) is 6.61. The summed E-state index contributed by atoms with van der Waals surface area (Å²) in [5, 5.41) is 4.96. The highest BCUT2D eigenvalue weighted by Gasteiger charge is 2.24. The Labute approximate surface area is 126 Å². The summed E-state index contributed by atoms with van der Waals surface area (Å²) in [5.41, 5.74) is 1.90. The summed E-state index contributed by atoms with van der Waals surface area (Å²) < 4.78 is 1.68. The average Bonchev–Trinajstić information content (AvgIpc) is 2.56. The molecule has 0 N–H and O–H groups in total. The van der Waals surface area contributed by atoms with Gasteiger partial charge in [0.2, 0.25) is 5.91 Å². The van der Waals surface area contributed by atoms with Gasteiger partial charge in [0.25, 0.3) is 0 Å². The second-order valence-corrected chi connectivity index (χ2v) is 6.13. The molecule has 1 aromatic rings. The Morgan fingerprint density at radius 3 is 2.75 bits per heavy atom. The van der Waals surface area contributed by atoms with Gasteiger partial charge in [-0.1, -0.05) is 31.4 Å². The number of aromatic nitrogens is 2. The Morgan fingerprint density at radius 2 is 2.15 bits per heavy atom. The third-order valence-corrected chi connectivity index (χ3v) is 4.71. The molecular formula is C15H24ClN3O. The minimum atomic E-state index is 0.253. The lowest BCUT2D eigenvalue weighted by Gasteiger charge is -2.21. The van der Waals surface area contributed by atoms with E-state index in [-0.39, 0.29) is 5.91 Å². The quantitative estimate of drug-likeness (QED) is 0.855. The summed E-state index contributed by atoms with van der Waals surface area (Å²) in [6.45, 7) is 5.59. The fourth-order valence-electron chi connectivity index (χ4n) is 3.00. The maximum Gasteiger partial charge on any atom is 0.222 e. The van der Waals surface area contributed by atoms with Crippen molar-refractivity contribution in [3.63, 3.8) is 0 Å². The summed E-state index contributed by atoms with van der Waals surface area (Å²) in [6, 6.07) is 0. The summed E-state index contributed by atoms with van der Waals surface area (Å²) in [7, 11) is 1.83. The number of carbonyl (C=O) groups is 1. The SMILES string of the molecule is CCCC1CCC(=O)N(Cc2c(C)nn(C)c2Cl)CC1. The zero-order chi connectivity index (χ0) is 14.7. The van der Waals surface area contributed by atoms with Gasteiger partial charge in [0.05, 0.1) is 12.2 Å². The van der Waals surface area contributed by atoms with Crippen LogP contribution in [0, 0.1) is 12.8 Å². The number of amides is 1. The van der Waals surface area contributed by atoms with E-state index in [1.54, 1.807) is 4.68 Å². The molecule has 4 nitrogen and oxygen atoms in total. The molecule has 0 bridgehead atoms. The Balaban J connectivity index is 2.06.